The van der Waals surface area contributed by atoms with E-state index in [1.807, 2.05) is 30.3 Å². The molecule has 0 fully saturated rings. The van der Waals surface area contributed by atoms with Gasteiger partial charge >= 0.3 is 16.6 Å². The molecule has 0 radical (unpaired) electrons. The van der Waals surface area contributed by atoms with Crippen LogP contribution in [0.15, 0.2) is 34.7 Å². The summed E-state index contributed by atoms with van der Waals surface area (Å²) >= 11 is 5.54. The van der Waals surface area contributed by atoms with E-state index in [1.54, 1.807) is 6.92 Å². The van der Waals surface area contributed by atoms with Gasteiger partial charge in [0.2, 0.25) is 0 Å². The molecule has 0 atom stereocenters. The summed E-state index contributed by atoms with van der Waals surface area (Å²) in [6, 6.07) is 9.44. The Bertz CT molecular complexity index is 436. The van der Waals surface area contributed by atoms with E-state index >= 15 is 0 Å². The number of rotatable bonds is 1. The molecule has 1 rings (SSSR count). The molecule has 1 amide bonds. The third-order valence-electron chi connectivity index (χ3n) is 1.15. The van der Waals surface area contributed by atoms with Gasteiger partial charge in [0.25, 0.3) is 0 Å². The highest BCUT2D eigenvalue weighted by molar-refractivity contribution is 7.62. The molecule has 0 aliphatic rings. The van der Waals surface area contributed by atoms with Crippen LogP contribution in [0.1, 0.15) is 6.92 Å². The molecule has 88 valence electrons. The highest BCUT2D eigenvalue weighted by Gasteiger charge is 1.94. The fourth-order valence-electron chi connectivity index (χ4n) is 0.625. The largest absolute Gasteiger partial charge is 0.448 e. The van der Waals surface area contributed by atoms with E-state index in [0.717, 1.165) is 5.02 Å². The lowest BCUT2D eigenvalue weighted by atomic mass is 10.4. The zero-order valence-corrected chi connectivity index (χ0v) is 10.0. The second-order valence-corrected chi connectivity index (χ2v) is 3.36. The third-order valence-corrected chi connectivity index (χ3v) is 1.70. The highest BCUT2D eigenvalue weighted by Crippen LogP contribution is 2.03. The van der Waals surface area contributed by atoms with Crippen LogP contribution in [-0.4, -0.2) is 21.1 Å². The van der Waals surface area contributed by atoms with Gasteiger partial charge in [-0.25, -0.2) is 4.79 Å². The first-order chi connectivity index (χ1) is 7.56. The standard InChI is InChI=1S/C6H5Cl.C3H5NO4S/c7-6-4-2-1-3-5-6;1-2-8-3(5)4-9(6)7/h1-5H;2H2,1H3. The number of benzene rings is 1. The van der Waals surface area contributed by atoms with Crippen molar-refractivity contribution >= 4 is 28.2 Å². The second kappa shape index (κ2) is 8.87. The zero-order chi connectivity index (χ0) is 12.4. The monoisotopic (exact) mass is 263 g/mol. The lowest BCUT2D eigenvalue weighted by molar-refractivity contribution is 0.164. The third kappa shape index (κ3) is 9.17. The van der Waals surface area contributed by atoms with Gasteiger partial charge in [-0.2, -0.15) is 8.42 Å². The van der Waals surface area contributed by atoms with Crippen LogP contribution >= 0.6 is 11.6 Å². The van der Waals surface area contributed by atoms with Crippen LogP contribution in [0.3, 0.4) is 0 Å². The Morgan fingerprint density at radius 3 is 2.25 bits per heavy atom. The van der Waals surface area contributed by atoms with Gasteiger partial charge in [0.05, 0.1) is 6.61 Å². The smallest absolute Gasteiger partial charge is 0.448 e. The maximum absolute atomic E-state index is 10.1. The van der Waals surface area contributed by atoms with Crippen molar-refractivity contribution in [3.05, 3.63) is 35.4 Å². The molecule has 0 heterocycles. The Labute approximate surface area is 99.7 Å². The first kappa shape index (κ1) is 14.6. The van der Waals surface area contributed by atoms with Crippen molar-refractivity contribution in [1.29, 1.82) is 0 Å². The molecular weight excluding hydrogens is 254 g/mol. The predicted octanol–water partition coefficient (Wildman–Crippen LogP) is 2.55. The highest BCUT2D eigenvalue weighted by atomic mass is 35.5. The lowest BCUT2D eigenvalue weighted by Gasteiger charge is -1.88. The van der Waals surface area contributed by atoms with Gasteiger partial charge in [0, 0.05) is 5.02 Å². The number of hydrogen-bond donors (Lipinski definition) is 0. The van der Waals surface area contributed by atoms with Gasteiger partial charge in [-0.05, 0) is 19.1 Å². The molecule has 0 bridgehead atoms. The SMILES string of the molecule is CCOC(=O)N=S(=O)=O.Clc1ccccc1. The van der Waals surface area contributed by atoms with Crippen LogP contribution in [0.5, 0.6) is 0 Å². The first-order valence-electron chi connectivity index (χ1n) is 4.24. The lowest BCUT2D eigenvalue weighted by Crippen LogP contribution is -1.95. The van der Waals surface area contributed by atoms with E-state index in [2.05, 4.69) is 9.10 Å². The van der Waals surface area contributed by atoms with Gasteiger partial charge < -0.3 is 4.74 Å². The van der Waals surface area contributed by atoms with Crippen molar-refractivity contribution in [2.75, 3.05) is 6.61 Å². The van der Waals surface area contributed by atoms with Gasteiger partial charge in [-0.15, -0.1) is 0 Å². The van der Waals surface area contributed by atoms with E-state index < -0.39 is 16.6 Å². The molecular formula is C9H10ClNO4S. The molecule has 0 aliphatic carbocycles. The van der Waals surface area contributed by atoms with E-state index in [0.29, 0.717) is 0 Å². The second-order valence-electron chi connectivity index (χ2n) is 2.30. The molecule has 0 spiro atoms. The average Bonchev–Trinajstić information content (AvgIpc) is 2.18. The van der Waals surface area contributed by atoms with Gasteiger partial charge in [0.15, 0.2) is 0 Å². The Balaban J connectivity index is 0.000000288. The van der Waals surface area contributed by atoms with E-state index in [9.17, 15) is 13.2 Å². The Morgan fingerprint density at radius 1 is 1.38 bits per heavy atom. The minimum absolute atomic E-state index is 0.125. The van der Waals surface area contributed by atoms with Crippen molar-refractivity contribution in [2.45, 2.75) is 6.92 Å². The van der Waals surface area contributed by atoms with E-state index in [1.165, 1.54) is 0 Å². The van der Waals surface area contributed by atoms with Crippen LogP contribution < -0.4 is 0 Å². The molecule has 16 heavy (non-hydrogen) atoms. The molecule has 0 aliphatic heterocycles. The molecule has 1 aromatic carbocycles. The maximum atomic E-state index is 10.1. The topological polar surface area (TPSA) is 72.8 Å². The van der Waals surface area contributed by atoms with Gasteiger partial charge in [0.1, 0.15) is 0 Å². The summed E-state index contributed by atoms with van der Waals surface area (Å²) in [5.41, 5.74) is 0. The van der Waals surface area contributed by atoms with Gasteiger partial charge in [-0.3, -0.25) is 0 Å². The van der Waals surface area contributed by atoms with Crippen LogP contribution in [-0.2, 0) is 15.2 Å². The normalized spacial score (nSPS) is 8.38. The summed E-state index contributed by atoms with van der Waals surface area (Å²) in [6.45, 7) is 1.68. The van der Waals surface area contributed by atoms with Crippen molar-refractivity contribution in [1.82, 2.24) is 0 Å². The van der Waals surface area contributed by atoms with Crippen LogP contribution in [0.25, 0.3) is 0 Å². The molecule has 5 nitrogen and oxygen atoms in total. The minimum Gasteiger partial charge on any atom is -0.448 e. The van der Waals surface area contributed by atoms with Crippen molar-refractivity contribution in [3.8, 4) is 0 Å². The quantitative estimate of drug-likeness (QED) is 0.780. The zero-order valence-electron chi connectivity index (χ0n) is 8.46. The van der Waals surface area contributed by atoms with Crippen molar-refractivity contribution in [3.63, 3.8) is 0 Å². The van der Waals surface area contributed by atoms with E-state index in [4.69, 9.17) is 11.6 Å². The minimum atomic E-state index is -2.70. The average molecular weight is 264 g/mol. The first-order valence-corrected chi connectivity index (χ1v) is 5.65. The number of ether oxygens (including phenoxy) is 1. The fraction of sp³-hybridized carbons (Fsp3) is 0.222. The summed E-state index contributed by atoms with van der Waals surface area (Å²) in [6.07, 6.45) is -1.08. The van der Waals surface area contributed by atoms with Crippen LogP contribution in [0.2, 0.25) is 5.02 Å². The summed E-state index contributed by atoms with van der Waals surface area (Å²) < 4.78 is 25.9. The van der Waals surface area contributed by atoms with E-state index in [-0.39, 0.29) is 6.61 Å². The summed E-state index contributed by atoms with van der Waals surface area (Å²) in [4.78, 5) is 10.1. The molecule has 0 N–H and O–H groups in total. The Hall–Kier alpha value is -1.40. The molecule has 0 saturated carbocycles. The molecule has 0 saturated heterocycles. The molecule has 7 heteroatoms. The Kier molecular flexibility index (Phi) is 8.10. The molecule has 0 aromatic heterocycles. The number of carbonyl (C=O) groups excluding carboxylic acids is 1. The van der Waals surface area contributed by atoms with Crippen LogP contribution in [0.4, 0.5) is 4.79 Å². The number of halogens is 1. The van der Waals surface area contributed by atoms with Gasteiger partial charge in [-0.1, -0.05) is 34.2 Å². The predicted molar refractivity (Wildman–Crippen MR) is 59.8 cm³/mol. The summed E-state index contributed by atoms with van der Waals surface area (Å²) in [5, 5.41) is 0.794. The number of hydrogen-bond acceptors (Lipinski definition) is 4. The maximum Gasteiger partial charge on any atom is 0.448 e. The van der Waals surface area contributed by atoms with Crippen molar-refractivity contribution < 1.29 is 17.9 Å². The summed E-state index contributed by atoms with van der Waals surface area (Å²) in [7, 11) is -2.70. The summed E-state index contributed by atoms with van der Waals surface area (Å²) in [5.74, 6) is 0. The molecule has 1 aromatic rings. The number of nitrogens with zero attached hydrogens (tertiary/aromatic N) is 1. The van der Waals surface area contributed by atoms with Crippen molar-refractivity contribution in [2.24, 2.45) is 4.36 Å². The fourth-order valence-corrected chi connectivity index (χ4v) is 0.945. The molecule has 0 unspecified atom stereocenters. The Morgan fingerprint density at radius 2 is 1.94 bits per heavy atom. The van der Waals surface area contributed by atoms with Crippen LogP contribution in [0, 0.1) is 0 Å². The number of amides is 1. The number of carbonyl (C=O) groups is 1.